The number of hydrogen-bond donors (Lipinski definition) is 1. The van der Waals surface area contributed by atoms with E-state index in [0.29, 0.717) is 6.07 Å². The number of carbonyl (C=O) groups is 1. The van der Waals surface area contributed by atoms with E-state index in [4.69, 9.17) is 11.6 Å². The summed E-state index contributed by atoms with van der Waals surface area (Å²) in [6, 6.07) is 5.80. The third kappa shape index (κ3) is 4.04. The molecular formula is C18H14ClF4NO4S. The molecule has 1 aliphatic rings. The Labute approximate surface area is 168 Å². The van der Waals surface area contributed by atoms with Gasteiger partial charge in [-0.25, -0.2) is 17.6 Å². The van der Waals surface area contributed by atoms with Crippen molar-refractivity contribution in [2.24, 2.45) is 0 Å². The van der Waals surface area contributed by atoms with Gasteiger partial charge in [-0.1, -0.05) is 23.7 Å². The maximum atomic E-state index is 13.4. The number of carboxylic acid groups (broad SMARTS) is 1. The molecule has 156 valence electrons. The summed E-state index contributed by atoms with van der Waals surface area (Å²) in [5.41, 5.74) is -1.15. The van der Waals surface area contributed by atoms with Gasteiger partial charge in [-0.2, -0.15) is 13.2 Å². The van der Waals surface area contributed by atoms with Crippen LogP contribution in [-0.2, 0) is 20.8 Å². The third-order valence-electron chi connectivity index (χ3n) is 4.72. The van der Waals surface area contributed by atoms with Crippen LogP contribution in [0.1, 0.15) is 12.0 Å². The Morgan fingerprint density at radius 2 is 1.83 bits per heavy atom. The van der Waals surface area contributed by atoms with Crippen molar-refractivity contribution in [3.63, 3.8) is 0 Å². The van der Waals surface area contributed by atoms with Crippen molar-refractivity contribution in [2.75, 3.05) is 11.4 Å². The lowest BCUT2D eigenvalue weighted by molar-refractivity contribution is -0.140. The van der Waals surface area contributed by atoms with Crippen LogP contribution in [0.4, 0.5) is 23.2 Å². The second-order valence-electron chi connectivity index (χ2n) is 6.50. The van der Waals surface area contributed by atoms with Gasteiger partial charge in [0.25, 0.3) is 0 Å². The van der Waals surface area contributed by atoms with Crippen molar-refractivity contribution < 1.29 is 35.9 Å². The van der Waals surface area contributed by atoms with Crippen molar-refractivity contribution in [1.82, 2.24) is 0 Å². The van der Waals surface area contributed by atoms with E-state index < -0.39 is 56.0 Å². The van der Waals surface area contributed by atoms with Crippen LogP contribution in [0.15, 0.2) is 47.4 Å². The molecule has 2 aromatic carbocycles. The SMILES string of the molecule is O=C(O)C1CC(S(=O)(=O)c2ccccc2C(F)(F)F)CN1c1ccc(F)c(Cl)c1. The first kappa shape index (κ1) is 21.4. The molecule has 2 atom stereocenters. The number of rotatable bonds is 4. The molecule has 2 unspecified atom stereocenters. The van der Waals surface area contributed by atoms with Crippen LogP contribution >= 0.6 is 11.6 Å². The van der Waals surface area contributed by atoms with Crippen molar-refractivity contribution >= 4 is 33.1 Å². The number of benzene rings is 2. The van der Waals surface area contributed by atoms with Crippen LogP contribution in [-0.4, -0.2) is 37.3 Å². The highest BCUT2D eigenvalue weighted by molar-refractivity contribution is 7.92. The normalized spacial score (nSPS) is 20.1. The molecule has 0 saturated carbocycles. The van der Waals surface area contributed by atoms with Gasteiger partial charge in [0, 0.05) is 12.2 Å². The van der Waals surface area contributed by atoms with E-state index in [1.54, 1.807) is 0 Å². The van der Waals surface area contributed by atoms with Crippen LogP contribution in [0.2, 0.25) is 5.02 Å². The molecule has 2 aromatic rings. The third-order valence-corrected chi connectivity index (χ3v) is 7.20. The fourth-order valence-corrected chi connectivity index (χ4v) is 5.42. The molecule has 0 bridgehead atoms. The second-order valence-corrected chi connectivity index (χ2v) is 9.11. The van der Waals surface area contributed by atoms with Crippen molar-refractivity contribution in [2.45, 2.75) is 28.8 Å². The van der Waals surface area contributed by atoms with Gasteiger partial charge in [0.15, 0.2) is 9.84 Å². The van der Waals surface area contributed by atoms with E-state index in [1.165, 1.54) is 17.0 Å². The van der Waals surface area contributed by atoms with Crippen molar-refractivity contribution in [3.8, 4) is 0 Å². The number of hydrogen-bond acceptors (Lipinski definition) is 4. The summed E-state index contributed by atoms with van der Waals surface area (Å²) in [4.78, 5) is 11.9. The summed E-state index contributed by atoms with van der Waals surface area (Å²) in [6.45, 7) is -0.381. The number of halogens is 5. The van der Waals surface area contributed by atoms with Crippen LogP contribution in [0.25, 0.3) is 0 Å². The zero-order valence-corrected chi connectivity index (χ0v) is 16.1. The highest BCUT2D eigenvalue weighted by Crippen LogP contribution is 2.38. The smallest absolute Gasteiger partial charge is 0.417 e. The number of nitrogens with zero attached hydrogens (tertiary/aromatic N) is 1. The molecule has 1 aliphatic heterocycles. The van der Waals surface area contributed by atoms with E-state index in [-0.39, 0.29) is 17.3 Å². The topological polar surface area (TPSA) is 74.7 Å². The first-order chi connectivity index (χ1) is 13.4. The first-order valence-electron chi connectivity index (χ1n) is 8.27. The Morgan fingerprint density at radius 1 is 1.17 bits per heavy atom. The zero-order chi connectivity index (χ0) is 21.6. The first-order valence-corrected chi connectivity index (χ1v) is 10.2. The van der Waals surface area contributed by atoms with Crippen LogP contribution in [0, 0.1) is 5.82 Å². The van der Waals surface area contributed by atoms with E-state index in [1.807, 2.05) is 0 Å². The minimum Gasteiger partial charge on any atom is -0.480 e. The molecule has 1 N–H and O–H groups in total. The Hall–Kier alpha value is -2.33. The Balaban J connectivity index is 2.02. The van der Waals surface area contributed by atoms with Crippen LogP contribution in [0.3, 0.4) is 0 Å². The second kappa shape index (κ2) is 7.49. The van der Waals surface area contributed by atoms with Gasteiger partial charge in [0.2, 0.25) is 0 Å². The van der Waals surface area contributed by atoms with Gasteiger partial charge < -0.3 is 10.0 Å². The largest absolute Gasteiger partial charge is 0.480 e. The number of alkyl halides is 3. The molecule has 1 saturated heterocycles. The number of sulfone groups is 1. The van der Waals surface area contributed by atoms with Crippen molar-refractivity contribution in [1.29, 1.82) is 0 Å². The average Bonchev–Trinajstić information content (AvgIpc) is 3.10. The lowest BCUT2D eigenvalue weighted by atomic mass is 10.2. The summed E-state index contributed by atoms with van der Waals surface area (Å²) >= 11 is 5.72. The predicted molar refractivity (Wildman–Crippen MR) is 97.2 cm³/mol. The molecule has 1 fully saturated rings. The molecule has 0 amide bonds. The molecule has 0 aliphatic carbocycles. The molecule has 0 aromatic heterocycles. The number of anilines is 1. The minimum absolute atomic E-state index is 0.158. The summed E-state index contributed by atoms with van der Waals surface area (Å²) < 4.78 is 79.2. The van der Waals surface area contributed by atoms with E-state index in [2.05, 4.69) is 0 Å². The Kier molecular flexibility index (Phi) is 5.52. The van der Waals surface area contributed by atoms with E-state index in [0.717, 1.165) is 24.3 Å². The lowest BCUT2D eigenvalue weighted by Crippen LogP contribution is -2.36. The summed E-state index contributed by atoms with van der Waals surface area (Å²) in [5.74, 6) is -2.10. The lowest BCUT2D eigenvalue weighted by Gasteiger charge is -2.24. The van der Waals surface area contributed by atoms with Crippen molar-refractivity contribution in [3.05, 3.63) is 58.9 Å². The van der Waals surface area contributed by atoms with Gasteiger partial charge in [0.05, 0.1) is 20.7 Å². The van der Waals surface area contributed by atoms with Crippen LogP contribution in [0.5, 0.6) is 0 Å². The molecule has 5 nitrogen and oxygen atoms in total. The maximum absolute atomic E-state index is 13.4. The molecule has 11 heteroatoms. The van der Waals surface area contributed by atoms with Gasteiger partial charge in [-0.05, 0) is 36.8 Å². The predicted octanol–water partition coefficient (Wildman–Crippen LogP) is 4.00. The Bertz CT molecular complexity index is 1060. The average molecular weight is 452 g/mol. The number of carboxylic acids is 1. The highest BCUT2D eigenvalue weighted by Gasteiger charge is 2.46. The fraction of sp³-hybridized carbons (Fsp3) is 0.278. The zero-order valence-electron chi connectivity index (χ0n) is 14.5. The molecular weight excluding hydrogens is 438 g/mol. The quantitative estimate of drug-likeness (QED) is 0.711. The van der Waals surface area contributed by atoms with Gasteiger partial charge >= 0.3 is 12.1 Å². The van der Waals surface area contributed by atoms with Crippen LogP contribution < -0.4 is 4.90 Å². The molecule has 29 heavy (non-hydrogen) atoms. The Morgan fingerprint density at radius 3 is 2.41 bits per heavy atom. The van der Waals surface area contributed by atoms with E-state index in [9.17, 15) is 35.9 Å². The standard InChI is InChI=1S/C18H14ClF4NO4S/c19-13-7-10(5-6-14(13)20)24-9-11(8-15(24)17(25)26)29(27,28)16-4-2-1-3-12(16)18(21,22)23/h1-7,11,15H,8-9H2,(H,25,26). The number of aliphatic carboxylic acids is 1. The van der Waals surface area contributed by atoms with Gasteiger partial charge in [-0.15, -0.1) is 0 Å². The van der Waals surface area contributed by atoms with Gasteiger partial charge in [-0.3, -0.25) is 0 Å². The summed E-state index contributed by atoms with van der Waals surface area (Å²) in [5, 5.41) is 7.79. The minimum atomic E-state index is -4.89. The van der Waals surface area contributed by atoms with Gasteiger partial charge in [0.1, 0.15) is 11.9 Å². The fourth-order valence-electron chi connectivity index (χ4n) is 3.33. The molecule has 3 rings (SSSR count). The maximum Gasteiger partial charge on any atom is 0.417 e. The molecule has 1 heterocycles. The van der Waals surface area contributed by atoms with E-state index >= 15 is 0 Å². The molecule has 0 radical (unpaired) electrons. The monoisotopic (exact) mass is 451 g/mol. The highest BCUT2D eigenvalue weighted by atomic mass is 35.5. The summed E-state index contributed by atoms with van der Waals surface area (Å²) in [6.07, 6.45) is -5.32. The molecule has 0 spiro atoms. The summed E-state index contributed by atoms with van der Waals surface area (Å²) in [7, 11) is -4.51.